The lowest BCUT2D eigenvalue weighted by Crippen LogP contribution is -2.24. The highest BCUT2D eigenvalue weighted by Crippen LogP contribution is 2.51. The number of fused-ring (bicyclic) bond motifs is 1. The first-order valence-corrected chi connectivity index (χ1v) is 8.64. The Morgan fingerprint density at radius 2 is 1.86 bits per heavy atom. The lowest BCUT2D eigenvalue weighted by atomic mass is 9.89. The molecule has 0 amide bonds. The molecule has 1 aliphatic rings. The molecule has 4 N–H and O–H groups in total. The summed E-state index contributed by atoms with van der Waals surface area (Å²) in [4.78, 5) is 12.3. The number of phenols is 1. The Balaban J connectivity index is 2.06. The maximum Gasteiger partial charge on any atom is 0.193 e. The van der Waals surface area contributed by atoms with Crippen molar-refractivity contribution in [3.05, 3.63) is 47.0 Å². The van der Waals surface area contributed by atoms with E-state index in [2.05, 4.69) is 0 Å². The van der Waals surface area contributed by atoms with Crippen LogP contribution in [0, 0.1) is 0 Å². The van der Waals surface area contributed by atoms with Gasteiger partial charge in [-0.15, -0.1) is 0 Å². The number of carbonyl (C=O) groups is 1. The smallest absolute Gasteiger partial charge is 0.193 e. The summed E-state index contributed by atoms with van der Waals surface area (Å²) < 4.78 is 16.5. The minimum Gasteiger partial charge on any atom is -0.504 e. The molecule has 2 aromatic rings. The molecule has 0 unspecified atom stereocenters. The number of hydrogen-bond acceptors (Lipinski definition) is 8. The lowest BCUT2D eigenvalue weighted by Gasteiger charge is -2.18. The lowest BCUT2D eigenvalue weighted by molar-refractivity contribution is 0.0587. The number of carbonyl (C=O) groups excluding carboxylic acids is 1. The number of benzene rings is 2. The third kappa shape index (κ3) is 3.37. The van der Waals surface area contributed by atoms with E-state index >= 15 is 0 Å². The molecular formula is C20H22O8. The van der Waals surface area contributed by atoms with Gasteiger partial charge in [-0.05, 0) is 29.8 Å². The summed E-state index contributed by atoms with van der Waals surface area (Å²) in [6.45, 7) is -0.974. The van der Waals surface area contributed by atoms with E-state index in [4.69, 9.17) is 19.3 Å². The van der Waals surface area contributed by atoms with Gasteiger partial charge < -0.3 is 34.6 Å². The third-order valence-electron chi connectivity index (χ3n) is 4.80. The zero-order valence-electron chi connectivity index (χ0n) is 15.5. The van der Waals surface area contributed by atoms with Crippen LogP contribution in [-0.4, -0.2) is 59.7 Å². The highest BCUT2D eigenvalue weighted by atomic mass is 16.5. The summed E-state index contributed by atoms with van der Waals surface area (Å²) in [5.74, 6) is -0.271. The fourth-order valence-corrected chi connectivity index (χ4v) is 3.33. The summed E-state index contributed by atoms with van der Waals surface area (Å²) >= 11 is 0. The molecule has 0 saturated carbocycles. The van der Waals surface area contributed by atoms with Crippen LogP contribution in [0.25, 0.3) is 0 Å². The topological polar surface area (TPSA) is 126 Å². The molecule has 0 bridgehead atoms. The highest BCUT2D eigenvalue weighted by molar-refractivity contribution is 6.00. The molecule has 1 heterocycles. The number of aliphatic hydroxyl groups excluding tert-OH is 3. The molecule has 3 rings (SSSR count). The molecule has 8 heteroatoms. The van der Waals surface area contributed by atoms with Gasteiger partial charge in [0.2, 0.25) is 0 Å². The average Bonchev–Trinajstić information content (AvgIpc) is 3.10. The van der Waals surface area contributed by atoms with Crippen LogP contribution in [0.2, 0.25) is 0 Å². The monoisotopic (exact) mass is 390 g/mol. The van der Waals surface area contributed by atoms with Crippen LogP contribution in [0.4, 0.5) is 0 Å². The number of aliphatic hydroxyl groups is 3. The Morgan fingerprint density at radius 1 is 1.14 bits per heavy atom. The Morgan fingerprint density at radius 3 is 2.46 bits per heavy atom. The van der Waals surface area contributed by atoms with E-state index in [-0.39, 0.29) is 29.4 Å². The van der Waals surface area contributed by atoms with Gasteiger partial charge in [0.1, 0.15) is 12.2 Å². The van der Waals surface area contributed by atoms with E-state index in [0.717, 1.165) is 0 Å². The molecule has 28 heavy (non-hydrogen) atoms. The molecular weight excluding hydrogens is 368 g/mol. The van der Waals surface area contributed by atoms with Gasteiger partial charge in [0.15, 0.2) is 28.8 Å². The molecule has 0 saturated heterocycles. The number of ether oxygens (including phenoxy) is 3. The minimum atomic E-state index is -1.55. The van der Waals surface area contributed by atoms with Crippen molar-refractivity contribution in [2.45, 2.75) is 18.1 Å². The number of phenolic OH excluding ortho intramolecular Hbond substituents is 1. The molecule has 150 valence electrons. The van der Waals surface area contributed by atoms with Gasteiger partial charge in [0, 0.05) is 11.1 Å². The maximum atomic E-state index is 12.3. The average molecular weight is 390 g/mol. The van der Waals surface area contributed by atoms with E-state index < -0.39 is 30.5 Å². The molecule has 0 aliphatic carbocycles. The summed E-state index contributed by atoms with van der Waals surface area (Å²) in [6, 6.07) is 7.69. The summed E-state index contributed by atoms with van der Waals surface area (Å²) in [5, 5.41) is 38.5. The predicted molar refractivity (Wildman–Crippen MR) is 98.3 cm³/mol. The van der Waals surface area contributed by atoms with Gasteiger partial charge in [-0.3, -0.25) is 4.79 Å². The fourth-order valence-electron chi connectivity index (χ4n) is 3.33. The molecule has 8 nitrogen and oxygen atoms in total. The van der Waals surface area contributed by atoms with Crippen molar-refractivity contribution >= 4 is 5.78 Å². The van der Waals surface area contributed by atoms with Gasteiger partial charge >= 0.3 is 0 Å². The van der Waals surface area contributed by atoms with Crippen LogP contribution in [-0.2, 0) is 0 Å². The van der Waals surface area contributed by atoms with Gasteiger partial charge in [-0.2, -0.15) is 0 Å². The fraction of sp³-hybridized carbons (Fsp3) is 0.350. The van der Waals surface area contributed by atoms with Crippen LogP contribution in [0.3, 0.4) is 0 Å². The molecule has 0 fully saturated rings. The third-order valence-corrected chi connectivity index (χ3v) is 4.80. The summed E-state index contributed by atoms with van der Waals surface area (Å²) in [7, 11) is 2.85. The Hall–Kier alpha value is -2.81. The van der Waals surface area contributed by atoms with Crippen LogP contribution in [0.15, 0.2) is 30.3 Å². The Labute approximate surface area is 161 Å². The number of ketones is 1. The van der Waals surface area contributed by atoms with Crippen molar-refractivity contribution in [1.82, 2.24) is 0 Å². The van der Waals surface area contributed by atoms with Crippen LogP contribution in [0.5, 0.6) is 23.0 Å². The predicted octanol–water partition coefficient (Wildman–Crippen LogP) is 1.15. The van der Waals surface area contributed by atoms with E-state index in [1.165, 1.54) is 32.4 Å². The first-order chi connectivity index (χ1) is 13.4. The van der Waals surface area contributed by atoms with E-state index in [1.807, 2.05) is 0 Å². The Bertz CT molecular complexity index is 879. The van der Waals surface area contributed by atoms with Crippen molar-refractivity contribution in [3.63, 3.8) is 0 Å². The van der Waals surface area contributed by atoms with Crippen molar-refractivity contribution in [1.29, 1.82) is 0 Å². The zero-order valence-corrected chi connectivity index (χ0v) is 15.5. The molecule has 0 spiro atoms. The second-order valence-corrected chi connectivity index (χ2v) is 6.42. The number of hydrogen-bond donors (Lipinski definition) is 4. The first kappa shape index (κ1) is 19.9. The number of methoxy groups -OCH3 is 2. The van der Waals surface area contributed by atoms with Crippen LogP contribution < -0.4 is 14.2 Å². The largest absolute Gasteiger partial charge is 0.504 e. The molecule has 1 aliphatic heterocycles. The summed E-state index contributed by atoms with van der Waals surface area (Å²) in [6.07, 6.45) is -2.15. The van der Waals surface area contributed by atoms with Crippen LogP contribution >= 0.6 is 0 Å². The van der Waals surface area contributed by atoms with Gasteiger partial charge in [-0.25, -0.2) is 0 Å². The number of aromatic hydroxyl groups is 1. The standard InChI is InChI=1S/C20H22O8/c1-26-16-6-10(3-4-14(16)23)19-13(8-21)12-5-11(18(25)15(24)9-22)7-17(27-2)20(12)28-19/h3-7,13,15,19,21-24H,8-9H2,1-2H3/t13-,15+,19+/m1/s1. The van der Waals surface area contributed by atoms with E-state index in [0.29, 0.717) is 16.9 Å². The Kier molecular flexibility index (Phi) is 5.73. The van der Waals surface area contributed by atoms with E-state index in [1.54, 1.807) is 12.1 Å². The maximum absolute atomic E-state index is 12.3. The second kappa shape index (κ2) is 8.05. The minimum absolute atomic E-state index is 0.0224. The molecule has 3 atom stereocenters. The first-order valence-electron chi connectivity index (χ1n) is 8.64. The van der Waals surface area contributed by atoms with Crippen molar-refractivity contribution in [2.75, 3.05) is 27.4 Å². The van der Waals surface area contributed by atoms with Crippen LogP contribution in [0.1, 0.15) is 33.5 Å². The van der Waals surface area contributed by atoms with Crippen molar-refractivity contribution in [2.24, 2.45) is 0 Å². The molecule has 0 aromatic heterocycles. The normalized spacial score (nSPS) is 18.9. The molecule has 2 aromatic carbocycles. The quantitative estimate of drug-likeness (QED) is 0.519. The van der Waals surface area contributed by atoms with Crippen molar-refractivity contribution in [3.8, 4) is 23.0 Å². The SMILES string of the molecule is COc1cc([C@@H]2Oc3c(OC)cc(C(=O)[C@@H](O)CO)cc3[C@H]2CO)ccc1O. The second-order valence-electron chi connectivity index (χ2n) is 6.42. The van der Waals surface area contributed by atoms with Gasteiger partial charge in [0.25, 0.3) is 0 Å². The van der Waals surface area contributed by atoms with Crippen molar-refractivity contribution < 1.29 is 39.4 Å². The number of rotatable bonds is 7. The van der Waals surface area contributed by atoms with E-state index in [9.17, 15) is 20.1 Å². The molecule has 0 radical (unpaired) electrons. The van der Waals surface area contributed by atoms with Gasteiger partial charge in [0.05, 0.1) is 33.4 Å². The summed E-state index contributed by atoms with van der Waals surface area (Å²) in [5.41, 5.74) is 1.35. The van der Waals surface area contributed by atoms with Gasteiger partial charge in [-0.1, -0.05) is 6.07 Å². The zero-order chi connectivity index (χ0) is 20.4. The highest BCUT2D eigenvalue weighted by Gasteiger charge is 2.38. The number of Topliss-reactive ketones (excluding diaryl/α,β-unsaturated/α-hetero) is 1.